The summed E-state index contributed by atoms with van der Waals surface area (Å²) in [6.45, 7) is 2.30. The van der Waals surface area contributed by atoms with E-state index in [4.69, 9.17) is 16.3 Å². The molecule has 1 aromatic rings. The number of methoxy groups -OCH3 is 1. The number of esters is 1. The standard InChI is InChI=1S/C19H20ClN3O5/c1-10-13(20)4-3-5-14(10)22-15(24)9-11-8-12(19(27)28-2)16-17(25)21-6-7-23(16)18(11)26/h3-5,11H,6-9H2,1-2H3,(H,21,25)(H,22,24). The number of amides is 3. The van der Waals surface area contributed by atoms with Gasteiger partial charge in [-0.05, 0) is 31.0 Å². The highest BCUT2D eigenvalue weighted by molar-refractivity contribution is 6.31. The third-order valence-electron chi connectivity index (χ3n) is 4.86. The molecule has 2 heterocycles. The lowest BCUT2D eigenvalue weighted by Crippen LogP contribution is -2.53. The Morgan fingerprint density at radius 3 is 2.82 bits per heavy atom. The largest absolute Gasteiger partial charge is 0.466 e. The molecule has 1 fully saturated rings. The third-order valence-corrected chi connectivity index (χ3v) is 5.27. The Labute approximate surface area is 166 Å². The van der Waals surface area contributed by atoms with E-state index in [1.54, 1.807) is 25.1 Å². The Morgan fingerprint density at radius 2 is 2.11 bits per heavy atom. The van der Waals surface area contributed by atoms with Crippen molar-refractivity contribution in [1.29, 1.82) is 0 Å². The number of ether oxygens (including phenoxy) is 1. The number of rotatable bonds is 4. The summed E-state index contributed by atoms with van der Waals surface area (Å²) in [7, 11) is 1.21. The first-order valence-electron chi connectivity index (χ1n) is 8.79. The van der Waals surface area contributed by atoms with Crippen molar-refractivity contribution in [2.24, 2.45) is 5.92 Å². The fourth-order valence-electron chi connectivity index (χ4n) is 3.40. The summed E-state index contributed by atoms with van der Waals surface area (Å²) in [5, 5.41) is 5.89. The Hall–Kier alpha value is -2.87. The van der Waals surface area contributed by atoms with Gasteiger partial charge >= 0.3 is 5.97 Å². The first-order valence-corrected chi connectivity index (χ1v) is 9.17. The number of fused-ring (bicyclic) bond motifs is 1. The van der Waals surface area contributed by atoms with Gasteiger partial charge in [0.05, 0.1) is 18.6 Å². The number of hydrogen-bond donors (Lipinski definition) is 2. The minimum absolute atomic E-state index is 0.0189. The molecular weight excluding hydrogens is 386 g/mol. The molecule has 0 spiro atoms. The Balaban J connectivity index is 1.82. The van der Waals surface area contributed by atoms with Crippen LogP contribution in [-0.4, -0.2) is 48.8 Å². The average Bonchev–Trinajstić information content (AvgIpc) is 2.67. The lowest BCUT2D eigenvalue weighted by Gasteiger charge is -2.37. The third kappa shape index (κ3) is 3.73. The predicted octanol–water partition coefficient (Wildman–Crippen LogP) is 1.38. The number of nitrogens with one attached hydrogen (secondary N) is 2. The lowest BCUT2D eigenvalue weighted by atomic mass is 9.88. The van der Waals surface area contributed by atoms with E-state index in [9.17, 15) is 19.2 Å². The highest BCUT2D eigenvalue weighted by Crippen LogP contribution is 2.32. The van der Waals surface area contributed by atoms with E-state index in [1.807, 2.05) is 0 Å². The maximum atomic E-state index is 12.8. The van der Waals surface area contributed by atoms with E-state index in [-0.39, 0.29) is 49.0 Å². The van der Waals surface area contributed by atoms with Crippen LogP contribution >= 0.6 is 11.6 Å². The van der Waals surface area contributed by atoms with Gasteiger partial charge in [-0.25, -0.2) is 4.79 Å². The summed E-state index contributed by atoms with van der Waals surface area (Å²) < 4.78 is 4.77. The molecule has 0 aromatic heterocycles. The number of halogens is 1. The van der Waals surface area contributed by atoms with Crippen molar-refractivity contribution in [3.63, 3.8) is 0 Å². The number of carbonyl (C=O) groups excluding carboxylic acids is 4. The summed E-state index contributed by atoms with van der Waals surface area (Å²) in [6, 6.07) is 5.15. The normalized spacial score (nSPS) is 19.1. The van der Waals surface area contributed by atoms with Gasteiger partial charge in [-0.2, -0.15) is 0 Å². The molecule has 2 N–H and O–H groups in total. The molecule has 0 saturated carbocycles. The maximum absolute atomic E-state index is 12.8. The van der Waals surface area contributed by atoms with E-state index < -0.39 is 17.8 Å². The minimum atomic E-state index is -0.761. The smallest absolute Gasteiger partial charge is 0.336 e. The van der Waals surface area contributed by atoms with E-state index in [0.29, 0.717) is 10.7 Å². The van der Waals surface area contributed by atoms with E-state index in [1.165, 1.54) is 12.0 Å². The van der Waals surface area contributed by atoms with Gasteiger partial charge in [-0.15, -0.1) is 0 Å². The Bertz CT molecular complexity index is 896. The van der Waals surface area contributed by atoms with Gasteiger partial charge in [0.15, 0.2) is 0 Å². The zero-order valence-electron chi connectivity index (χ0n) is 15.5. The SMILES string of the molecule is COC(=O)C1=C2C(=O)NCCN2C(=O)C(CC(=O)Nc2cccc(Cl)c2C)C1. The van der Waals surface area contributed by atoms with Crippen LogP contribution in [0.3, 0.4) is 0 Å². The van der Waals surface area contributed by atoms with Crippen molar-refractivity contribution in [2.45, 2.75) is 19.8 Å². The molecule has 2 aliphatic rings. The van der Waals surface area contributed by atoms with E-state index in [2.05, 4.69) is 10.6 Å². The molecule has 3 amide bonds. The van der Waals surface area contributed by atoms with Crippen LogP contribution in [0.15, 0.2) is 29.5 Å². The van der Waals surface area contributed by atoms with Gasteiger partial charge in [-0.1, -0.05) is 17.7 Å². The number of benzene rings is 1. The highest BCUT2D eigenvalue weighted by atomic mass is 35.5. The van der Waals surface area contributed by atoms with Crippen LogP contribution in [0.5, 0.6) is 0 Å². The molecule has 1 aromatic carbocycles. The number of piperazine rings is 1. The molecule has 1 saturated heterocycles. The van der Waals surface area contributed by atoms with Gasteiger partial charge in [0.1, 0.15) is 5.70 Å². The quantitative estimate of drug-likeness (QED) is 0.736. The summed E-state index contributed by atoms with van der Waals surface area (Å²) >= 11 is 6.06. The average molecular weight is 406 g/mol. The van der Waals surface area contributed by atoms with Crippen molar-refractivity contribution in [1.82, 2.24) is 10.2 Å². The molecule has 28 heavy (non-hydrogen) atoms. The molecule has 0 aliphatic carbocycles. The van der Waals surface area contributed by atoms with Crippen LogP contribution in [0.1, 0.15) is 18.4 Å². The van der Waals surface area contributed by atoms with Gasteiger partial charge in [-0.3, -0.25) is 14.4 Å². The number of hydrogen-bond acceptors (Lipinski definition) is 5. The van der Waals surface area contributed by atoms with Gasteiger partial charge in [0, 0.05) is 30.2 Å². The molecule has 0 radical (unpaired) electrons. The monoisotopic (exact) mass is 405 g/mol. The number of nitrogens with zero attached hydrogens (tertiary/aromatic N) is 1. The van der Waals surface area contributed by atoms with Gasteiger partial charge in [0.25, 0.3) is 5.91 Å². The summed E-state index contributed by atoms with van der Waals surface area (Å²) in [5.41, 5.74) is 1.40. The second kappa shape index (κ2) is 8.02. The van der Waals surface area contributed by atoms with E-state index in [0.717, 1.165) is 5.56 Å². The molecule has 3 rings (SSSR count). The van der Waals surface area contributed by atoms with Crippen LogP contribution in [0.4, 0.5) is 5.69 Å². The Kier molecular flexibility index (Phi) is 5.69. The molecule has 1 atom stereocenters. The molecule has 2 aliphatic heterocycles. The fraction of sp³-hybridized carbons (Fsp3) is 0.368. The second-order valence-corrected chi connectivity index (χ2v) is 7.04. The molecule has 0 bridgehead atoms. The zero-order chi connectivity index (χ0) is 20.4. The fourth-order valence-corrected chi connectivity index (χ4v) is 3.58. The van der Waals surface area contributed by atoms with Gasteiger partial charge < -0.3 is 20.3 Å². The maximum Gasteiger partial charge on any atom is 0.336 e. The second-order valence-electron chi connectivity index (χ2n) is 6.63. The number of anilines is 1. The van der Waals surface area contributed by atoms with Crippen molar-refractivity contribution in [3.8, 4) is 0 Å². The summed E-state index contributed by atoms with van der Waals surface area (Å²) in [4.78, 5) is 51.0. The molecule has 9 heteroatoms. The van der Waals surface area contributed by atoms with Crippen LogP contribution < -0.4 is 10.6 Å². The molecule has 8 nitrogen and oxygen atoms in total. The van der Waals surface area contributed by atoms with Gasteiger partial charge in [0.2, 0.25) is 11.8 Å². The summed E-state index contributed by atoms with van der Waals surface area (Å²) in [5.74, 6) is -2.66. The van der Waals surface area contributed by atoms with Crippen LogP contribution in [0, 0.1) is 12.8 Å². The number of carbonyl (C=O) groups is 4. The van der Waals surface area contributed by atoms with Crippen LogP contribution in [0.25, 0.3) is 0 Å². The van der Waals surface area contributed by atoms with E-state index >= 15 is 0 Å². The lowest BCUT2D eigenvalue weighted by molar-refractivity contribution is -0.143. The van der Waals surface area contributed by atoms with Crippen molar-refractivity contribution in [2.75, 3.05) is 25.5 Å². The zero-order valence-corrected chi connectivity index (χ0v) is 16.3. The van der Waals surface area contributed by atoms with Crippen LogP contribution in [0.2, 0.25) is 5.02 Å². The topological polar surface area (TPSA) is 105 Å². The summed E-state index contributed by atoms with van der Waals surface area (Å²) in [6.07, 6.45) is -0.163. The van der Waals surface area contributed by atoms with Crippen LogP contribution in [-0.2, 0) is 23.9 Å². The first kappa shape index (κ1) is 19.9. The van der Waals surface area contributed by atoms with Crippen molar-refractivity contribution >= 4 is 41.0 Å². The molecule has 148 valence electrons. The molecular formula is C19H20ClN3O5. The molecule has 1 unspecified atom stereocenters. The minimum Gasteiger partial charge on any atom is -0.466 e. The van der Waals surface area contributed by atoms with Crippen molar-refractivity contribution < 1.29 is 23.9 Å². The Morgan fingerprint density at radius 1 is 1.36 bits per heavy atom. The highest BCUT2D eigenvalue weighted by Gasteiger charge is 2.42. The van der Waals surface area contributed by atoms with Crippen molar-refractivity contribution in [3.05, 3.63) is 40.1 Å². The first-order chi connectivity index (χ1) is 13.3. The predicted molar refractivity (Wildman–Crippen MR) is 101 cm³/mol.